The molecule has 0 fully saturated rings. The molecule has 118 valence electrons. The van der Waals surface area contributed by atoms with Crippen LogP contribution in [0.25, 0.3) is 0 Å². The van der Waals surface area contributed by atoms with E-state index in [9.17, 15) is 9.00 Å². The first-order valence-corrected chi connectivity index (χ1v) is 9.49. The molecule has 2 N–H and O–H groups in total. The molecule has 0 saturated carbocycles. The molecule has 4 nitrogen and oxygen atoms in total. The highest BCUT2D eigenvalue weighted by atomic mass is 32.2. The molecule has 1 aromatic carbocycles. The highest BCUT2D eigenvalue weighted by molar-refractivity contribution is 7.84. The van der Waals surface area contributed by atoms with Gasteiger partial charge in [-0.2, -0.15) is 0 Å². The van der Waals surface area contributed by atoms with Crippen molar-refractivity contribution in [2.75, 3.05) is 18.1 Å². The lowest BCUT2D eigenvalue weighted by atomic mass is 10.1. The fourth-order valence-electron chi connectivity index (χ4n) is 2.04. The second kappa shape index (κ2) is 8.10. The van der Waals surface area contributed by atoms with Gasteiger partial charge < -0.3 is 10.6 Å². The maximum absolute atomic E-state index is 11.9. The molecule has 2 atom stereocenters. The van der Waals surface area contributed by atoms with Gasteiger partial charge in [0.1, 0.15) is 0 Å². The monoisotopic (exact) mass is 336 g/mol. The van der Waals surface area contributed by atoms with E-state index in [2.05, 4.69) is 29.0 Å². The normalized spacial score (nSPS) is 13.4. The molecule has 0 aliphatic carbocycles. The molecular formula is C16H20N2O2S2. The van der Waals surface area contributed by atoms with Crippen molar-refractivity contribution < 1.29 is 9.00 Å². The minimum absolute atomic E-state index is 0.239. The lowest BCUT2D eigenvalue weighted by Gasteiger charge is -2.13. The van der Waals surface area contributed by atoms with Crippen LogP contribution in [0.4, 0.5) is 10.5 Å². The number of benzene rings is 1. The third-order valence-corrected chi connectivity index (χ3v) is 4.98. The lowest BCUT2D eigenvalue weighted by molar-refractivity contribution is 0.250. The van der Waals surface area contributed by atoms with E-state index >= 15 is 0 Å². The molecule has 1 aromatic heterocycles. The van der Waals surface area contributed by atoms with Gasteiger partial charge in [-0.15, -0.1) is 11.3 Å². The molecule has 2 unspecified atom stereocenters. The van der Waals surface area contributed by atoms with Crippen molar-refractivity contribution in [3.63, 3.8) is 0 Å². The number of hydrogen-bond donors (Lipinski definition) is 2. The van der Waals surface area contributed by atoms with E-state index in [-0.39, 0.29) is 6.03 Å². The molecule has 0 aliphatic heterocycles. The van der Waals surface area contributed by atoms with Crippen molar-refractivity contribution in [1.82, 2.24) is 5.32 Å². The molecule has 6 heteroatoms. The van der Waals surface area contributed by atoms with E-state index in [0.29, 0.717) is 23.0 Å². The van der Waals surface area contributed by atoms with E-state index < -0.39 is 10.8 Å². The predicted molar refractivity (Wildman–Crippen MR) is 93.0 cm³/mol. The molecule has 22 heavy (non-hydrogen) atoms. The maximum Gasteiger partial charge on any atom is 0.319 e. The highest BCUT2D eigenvalue weighted by Gasteiger charge is 2.08. The smallest absolute Gasteiger partial charge is 0.319 e. The Morgan fingerprint density at radius 1 is 1.32 bits per heavy atom. The van der Waals surface area contributed by atoms with E-state index in [0.717, 1.165) is 6.42 Å². The first kappa shape index (κ1) is 16.7. The maximum atomic E-state index is 11.9. The quantitative estimate of drug-likeness (QED) is 0.848. The third-order valence-electron chi connectivity index (χ3n) is 3.16. The van der Waals surface area contributed by atoms with Crippen molar-refractivity contribution in [2.45, 2.75) is 18.2 Å². The zero-order chi connectivity index (χ0) is 15.9. The zero-order valence-corrected chi connectivity index (χ0v) is 14.3. The predicted octanol–water partition coefficient (Wildman–Crippen LogP) is 3.49. The van der Waals surface area contributed by atoms with Crippen LogP contribution in [0.3, 0.4) is 0 Å². The summed E-state index contributed by atoms with van der Waals surface area (Å²) in [6.07, 6.45) is 2.58. The van der Waals surface area contributed by atoms with Crippen molar-refractivity contribution in [2.24, 2.45) is 5.92 Å². The zero-order valence-electron chi connectivity index (χ0n) is 12.7. The Morgan fingerprint density at radius 2 is 2.14 bits per heavy atom. The Balaban J connectivity index is 1.80. The Bertz CT molecular complexity index is 641. The Labute approximate surface area is 137 Å². The van der Waals surface area contributed by atoms with Crippen LogP contribution in [0.1, 0.15) is 11.8 Å². The molecule has 0 radical (unpaired) electrons. The Morgan fingerprint density at radius 3 is 2.82 bits per heavy atom. The number of thiophene rings is 1. The van der Waals surface area contributed by atoms with E-state index in [1.165, 1.54) is 4.88 Å². The first-order chi connectivity index (χ1) is 10.5. The van der Waals surface area contributed by atoms with Gasteiger partial charge >= 0.3 is 6.03 Å². The SMILES string of the molecule is CC(CNC(=O)Nc1cccc(S(C)=O)c1)Cc1cccs1. The molecule has 0 spiro atoms. The van der Waals surface area contributed by atoms with Gasteiger partial charge in [-0.3, -0.25) is 4.21 Å². The van der Waals surface area contributed by atoms with Gasteiger partial charge in [0.15, 0.2) is 0 Å². The van der Waals surface area contributed by atoms with Crippen molar-refractivity contribution >= 4 is 33.9 Å². The number of nitrogens with one attached hydrogen (secondary N) is 2. The van der Waals surface area contributed by atoms with Crippen LogP contribution in [0.2, 0.25) is 0 Å². The molecule has 0 bridgehead atoms. The Hall–Kier alpha value is -1.66. The number of rotatable bonds is 6. The summed E-state index contributed by atoms with van der Waals surface area (Å²) in [5.74, 6) is 0.374. The lowest BCUT2D eigenvalue weighted by Crippen LogP contribution is -2.32. The topological polar surface area (TPSA) is 58.2 Å². The Kier molecular flexibility index (Phi) is 6.15. The molecular weight excluding hydrogens is 316 g/mol. The fourth-order valence-corrected chi connectivity index (χ4v) is 3.47. The van der Waals surface area contributed by atoms with Crippen LogP contribution in [-0.2, 0) is 17.2 Å². The van der Waals surface area contributed by atoms with Crippen LogP contribution in [0.5, 0.6) is 0 Å². The third kappa shape index (κ3) is 5.27. The first-order valence-electron chi connectivity index (χ1n) is 7.05. The van der Waals surface area contributed by atoms with Crippen LogP contribution >= 0.6 is 11.3 Å². The van der Waals surface area contributed by atoms with Crippen molar-refractivity contribution in [3.8, 4) is 0 Å². The summed E-state index contributed by atoms with van der Waals surface area (Å²) in [4.78, 5) is 13.9. The second-order valence-electron chi connectivity index (χ2n) is 5.21. The number of hydrogen-bond acceptors (Lipinski definition) is 3. The molecule has 2 rings (SSSR count). The standard InChI is InChI=1S/C16H20N2O2S2/c1-12(9-14-6-4-8-21-14)11-17-16(19)18-13-5-3-7-15(10-13)22(2)20/h3-8,10,12H,9,11H2,1-2H3,(H2,17,18,19). The minimum atomic E-state index is -1.05. The van der Waals surface area contributed by atoms with Gasteiger partial charge in [0, 0.05) is 39.1 Å². The van der Waals surface area contributed by atoms with E-state index in [4.69, 9.17) is 0 Å². The molecule has 0 aliphatic rings. The summed E-state index contributed by atoms with van der Waals surface area (Å²) >= 11 is 1.74. The fraction of sp³-hybridized carbons (Fsp3) is 0.312. The number of carbonyl (C=O) groups excluding carboxylic acids is 1. The van der Waals surface area contributed by atoms with Gasteiger partial charge in [-0.1, -0.05) is 19.1 Å². The summed E-state index contributed by atoms with van der Waals surface area (Å²) in [7, 11) is -1.05. The van der Waals surface area contributed by atoms with E-state index in [1.54, 1.807) is 41.9 Å². The largest absolute Gasteiger partial charge is 0.338 e. The van der Waals surface area contributed by atoms with Crippen LogP contribution in [-0.4, -0.2) is 23.0 Å². The van der Waals surface area contributed by atoms with Gasteiger partial charge in [-0.05, 0) is 42.0 Å². The molecule has 1 heterocycles. The minimum Gasteiger partial charge on any atom is -0.338 e. The van der Waals surface area contributed by atoms with Crippen LogP contribution in [0.15, 0.2) is 46.7 Å². The van der Waals surface area contributed by atoms with Crippen molar-refractivity contribution in [1.29, 1.82) is 0 Å². The summed E-state index contributed by atoms with van der Waals surface area (Å²) in [5, 5.41) is 7.70. The number of urea groups is 1. The van der Waals surface area contributed by atoms with Crippen molar-refractivity contribution in [3.05, 3.63) is 46.7 Å². The van der Waals surface area contributed by atoms with Gasteiger partial charge in [0.2, 0.25) is 0 Å². The van der Waals surface area contributed by atoms with Crippen LogP contribution in [0, 0.1) is 5.92 Å². The number of amides is 2. The average molecular weight is 336 g/mol. The molecule has 2 aromatic rings. The summed E-state index contributed by atoms with van der Waals surface area (Å²) in [6.45, 7) is 2.73. The number of carbonyl (C=O) groups is 1. The van der Waals surface area contributed by atoms with Gasteiger partial charge in [-0.25, -0.2) is 4.79 Å². The van der Waals surface area contributed by atoms with E-state index in [1.807, 2.05) is 6.07 Å². The van der Waals surface area contributed by atoms with Gasteiger partial charge in [0.25, 0.3) is 0 Å². The second-order valence-corrected chi connectivity index (χ2v) is 7.62. The van der Waals surface area contributed by atoms with Gasteiger partial charge in [0.05, 0.1) is 0 Å². The summed E-state index contributed by atoms with van der Waals surface area (Å²) in [5.41, 5.74) is 0.649. The molecule has 2 amide bonds. The average Bonchev–Trinajstić information content (AvgIpc) is 2.98. The van der Waals surface area contributed by atoms with Crippen LogP contribution < -0.4 is 10.6 Å². The summed E-state index contributed by atoms with van der Waals surface area (Å²) < 4.78 is 11.4. The number of anilines is 1. The molecule has 0 saturated heterocycles. The summed E-state index contributed by atoms with van der Waals surface area (Å²) in [6, 6.07) is 11.0. The highest BCUT2D eigenvalue weighted by Crippen LogP contribution is 2.15.